The predicted octanol–water partition coefficient (Wildman–Crippen LogP) is 2.44. The molecule has 3 N–H and O–H groups in total. The first-order valence-electron chi connectivity index (χ1n) is 4.73. The molecule has 0 bridgehead atoms. The molecule has 2 aromatic rings. The number of nitrogens with one attached hydrogen (secondary N) is 1. The lowest BCUT2D eigenvalue weighted by molar-refractivity contribution is 0.103. The normalized spacial score (nSPS) is 10.2. The fraction of sp³-hybridized carbons (Fsp3) is 0.100. The molecule has 17 heavy (non-hydrogen) atoms. The molecule has 1 aromatic heterocycles. The van der Waals surface area contributed by atoms with Crippen LogP contribution in [-0.4, -0.2) is 15.5 Å². The van der Waals surface area contributed by atoms with Gasteiger partial charge in [-0.25, -0.2) is 0 Å². The second-order valence-corrected chi connectivity index (χ2v) is 4.99. The van der Waals surface area contributed by atoms with E-state index in [1.807, 2.05) is 0 Å². The zero-order valence-electron chi connectivity index (χ0n) is 8.90. The Kier molecular flexibility index (Phi) is 3.39. The maximum atomic E-state index is 11.9. The van der Waals surface area contributed by atoms with Gasteiger partial charge in [-0.05, 0) is 52.6 Å². The molecular weight excluding hydrogens is 304 g/mol. The Morgan fingerprint density at radius 3 is 2.88 bits per heavy atom. The van der Waals surface area contributed by atoms with Crippen molar-refractivity contribution in [2.45, 2.75) is 6.92 Å². The van der Waals surface area contributed by atoms with Gasteiger partial charge in [0.2, 0.25) is 0 Å². The van der Waals surface area contributed by atoms with Gasteiger partial charge >= 0.3 is 0 Å². The number of rotatable bonds is 2. The van der Waals surface area contributed by atoms with E-state index < -0.39 is 0 Å². The number of nitrogens with two attached hydrogens (primary N) is 1. The molecule has 7 heteroatoms. The van der Waals surface area contributed by atoms with Crippen LogP contribution in [0.2, 0.25) is 0 Å². The minimum atomic E-state index is -0.223. The first-order valence-corrected chi connectivity index (χ1v) is 6.30. The average Bonchev–Trinajstić information content (AvgIpc) is 2.70. The molecule has 0 fully saturated rings. The van der Waals surface area contributed by atoms with Crippen molar-refractivity contribution >= 4 is 44.7 Å². The van der Waals surface area contributed by atoms with Crippen molar-refractivity contribution in [2.24, 2.45) is 0 Å². The number of amides is 1. The molecule has 0 atom stereocenters. The Bertz CT molecular complexity index is 569. The number of nitrogens with zero attached hydrogens (tertiary/aromatic N) is 2. The number of aromatic nitrogens is 2. The fourth-order valence-corrected chi connectivity index (χ4v) is 2.05. The van der Waals surface area contributed by atoms with E-state index >= 15 is 0 Å². The van der Waals surface area contributed by atoms with Crippen molar-refractivity contribution < 1.29 is 4.79 Å². The van der Waals surface area contributed by atoms with E-state index in [1.54, 1.807) is 25.1 Å². The summed E-state index contributed by atoms with van der Waals surface area (Å²) >= 11 is 4.36. The van der Waals surface area contributed by atoms with Gasteiger partial charge in [-0.15, -0.1) is 5.10 Å². The quantitative estimate of drug-likeness (QED) is 0.835. The summed E-state index contributed by atoms with van der Waals surface area (Å²) in [5, 5.41) is 6.53. The third-order valence-electron chi connectivity index (χ3n) is 2.11. The molecule has 1 heterocycles. The van der Waals surface area contributed by atoms with Gasteiger partial charge in [0, 0.05) is 15.8 Å². The summed E-state index contributed by atoms with van der Waals surface area (Å²) < 4.78 is 4.51. The van der Waals surface area contributed by atoms with Crippen LogP contribution >= 0.6 is 27.5 Å². The molecule has 5 nitrogen and oxygen atoms in total. The second kappa shape index (κ2) is 4.80. The lowest BCUT2D eigenvalue weighted by atomic mass is 10.2. The summed E-state index contributed by atoms with van der Waals surface area (Å²) in [5.41, 5.74) is 7.56. The molecule has 0 radical (unpaired) electrons. The highest BCUT2D eigenvalue weighted by atomic mass is 79.9. The number of nitrogen functional groups attached to an aromatic ring is 1. The fourth-order valence-electron chi connectivity index (χ4n) is 1.25. The molecule has 0 aliphatic carbocycles. The third-order valence-corrected chi connectivity index (χ3v) is 3.66. The predicted molar refractivity (Wildman–Crippen MR) is 71.2 cm³/mol. The summed E-state index contributed by atoms with van der Waals surface area (Å²) in [7, 11) is 0. The van der Waals surface area contributed by atoms with Crippen LogP contribution in [0.1, 0.15) is 15.4 Å². The van der Waals surface area contributed by atoms with E-state index in [0.29, 0.717) is 21.9 Å². The molecule has 0 aliphatic heterocycles. The number of halogens is 1. The summed E-state index contributed by atoms with van der Waals surface area (Å²) in [4.78, 5) is 12.4. The molecular formula is C10H9BrN4OS. The number of anilines is 2. The number of hydrogen-bond donors (Lipinski definition) is 2. The average molecular weight is 313 g/mol. The Morgan fingerprint density at radius 2 is 2.29 bits per heavy atom. The molecule has 2 rings (SSSR count). The van der Waals surface area contributed by atoms with Crippen LogP contribution in [0.4, 0.5) is 11.4 Å². The highest BCUT2D eigenvalue weighted by molar-refractivity contribution is 9.10. The topological polar surface area (TPSA) is 80.9 Å². The molecule has 0 aliphatic rings. The van der Waals surface area contributed by atoms with E-state index in [-0.39, 0.29) is 5.91 Å². The Morgan fingerprint density at radius 1 is 1.53 bits per heavy atom. The Balaban J connectivity index is 2.19. The van der Waals surface area contributed by atoms with Crippen LogP contribution in [0, 0.1) is 6.92 Å². The third kappa shape index (κ3) is 2.62. The van der Waals surface area contributed by atoms with E-state index in [0.717, 1.165) is 16.0 Å². The van der Waals surface area contributed by atoms with E-state index in [4.69, 9.17) is 5.73 Å². The van der Waals surface area contributed by atoms with Gasteiger partial charge in [0.1, 0.15) is 4.88 Å². The summed E-state index contributed by atoms with van der Waals surface area (Å²) in [6.45, 7) is 1.74. The van der Waals surface area contributed by atoms with Crippen molar-refractivity contribution in [3.8, 4) is 0 Å². The number of carbonyl (C=O) groups excluding carboxylic acids is 1. The van der Waals surface area contributed by atoms with E-state index in [2.05, 4.69) is 30.8 Å². The van der Waals surface area contributed by atoms with E-state index in [1.165, 1.54) is 0 Å². The van der Waals surface area contributed by atoms with Crippen molar-refractivity contribution in [2.75, 3.05) is 11.1 Å². The zero-order chi connectivity index (χ0) is 12.4. The van der Waals surface area contributed by atoms with Gasteiger partial charge in [0.25, 0.3) is 5.91 Å². The van der Waals surface area contributed by atoms with Crippen LogP contribution in [0.25, 0.3) is 0 Å². The minimum Gasteiger partial charge on any atom is -0.398 e. The maximum absolute atomic E-state index is 11.9. The van der Waals surface area contributed by atoms with Gasteiger partial charge in [-0.2, -0.15) is 0 Å². The molecule has 0 unspecified atom stereocenters. The molecule has 1 amide bonds. The summed E-state index contributed by atoms with van der Waals surface area (Å²) in [6.07, 6.45) is 0. The first kappa shape index (κ1) is 12.0. The lowest BCUT2D eigenvalue weighted by Gasteiger charge is -2.05. The van der Waals surface area contributed by atoms with Crippen molar-refractivity contribution in [3.63, 3.8) is 0 Å². The smallest absolute Gasteiger partial charge is 0.269 e. The standard InChI is InChI=1S/C10H9BrN4OS/c1-5-9(17-15-14-5)10(16)13-6-2-3-7(11)8(12)4-6/h2-4H,12H2,1H3,(H,13,16). The van der Waals surface area contributed by atoms with Gasteiger partial charge in [0.15, 0.2) is 0 Å². The van der Waals surface area contributed by atoms with Crippen molar-refractivity contribution in [3.05, 3.63) is 33.2 Å². The van der Waals surface area contributed by atoms with Crippen molar-refractivity contribution in [1.29, 1.82) is 0 Å². The summed E-state index contributed by atoms with van der Waals surface area (Å²) in [5.74, 6) is -0.223. The molecule has 88 valence electrons. The zero-order valence-corrected chi connectivity index (χ0v) is 11.3. The van der Waals surface area contributed by atoms with Gasteiger partial charge < -0.3 is 11.1 Å². The maximum Gasteiger partial charge on any atom is 0.269 e. The lowest BCUT2D eigenvalue weighted by Crippen LogP contribution is -2.11. The second-order valence-electron chi connectivity index (χ2n) is 3.38. The molecule has 1 aromatic carbocycles. The summed E-state index contributed by atoms with van der Waals surface area (Å²) in [6, 6.07) is 5.23. The molecule has 0 saturated carbocycles. The largest absolute Gasteiger partial charge is 0.398 e. The first-order chi connectivity index (χ1) is 8.08. The SMILES string of the molecule is Cc1nnsc1C(=O)Nc1ccc(Br)c(N)c1. The number of hydrogen-bond acceptors (Lipinski definition) is 5. The van der Waals surface area contributed by atoms with E-state index in [9.17, 15) is 4.79 Å². The highest BCUT2D eigenvalue weighted by Crippen LogP contribution is 2.23. The number of benzene rings is 1. The van der Waals surface area contributed by atoms with Crippen LogP contribution in [0.3, 0.4) is 0 Å². The monoisotopic (exact) mass is 312 g/mol. The van der Waals surface area contributed by atoms with Crippen LogP contribution in [0.5, 0.6) is 0 Å². The molecule has 0 saturated heterocycles. The van der Waals surface area contributed by atoms with Crippen molar-refractivity contribution in [1.82, 2.24) is 9.59 Å². The highest BCUT2D eigenvalue weighted by Gasteiger charge is 2.13. The number of aryl methyl sites for hydroxylation is 1. The van der Waals surface area contributed by atoms with Crippen LogP contribution in [0.15, 0.2) is 22.7 Å². The Labute approximate surface area is 110 Å². The number of carbonyl (C=O) groups is 1. The van der Waals surface area contributed by atoms with Gasteiger partial charge in [-0.1, -0.05) is 4.49 Å². The Hall–Kier alpha value is -1.47. The van der Waals surface area contributed by atoms with Gasteiger partial charge in [0.05, 0.1) is 5.69 Å². The minimum absolute atomic E-state index is 0.223. The molecule has 0 spiro atoms. The van der Waals surface area contributed by atoms with Gasteiger partial charge in [-0.3, -0.25) is 4.79 Å². The van der Waals surface area contributed by atoms with Crippen LogP contribution < -0.4 is 11.1 Å². The van der Waals surface area contributed by atoms with Crippen LogP contribution in [-0.2, 0) is 0 Å².